The van der Waals surface area contributed by atoms with Gasteiger partial charge in [0.15, 0.2) is 28.3 Å². The Hall–Kier alpha value is -3.69. The highest BCUT2D eigenvalue weighted by atomic mass is 35.5. The maximum Gasteiger partial charge on any atom is 0.203 e. The minimum atomic E-state index is -0.142. The van der Waals surface area contributed by atoms with Gasteiger partial charge in [-0.1, -0.05) is 41.6 Å². The van der Waals surface area contributed by atoms with Gasteiger partial charge in [0.2, 0.25) is 5.75 Å². The first-order chi connectivity index (χ1) is 17.5. The molecule has 0 aliphatic carbocycles. The quantitative estimate of drug-likeness (QED) is 0.195. The van der Waals surface area contributed by atoms with Gasteiger partial charge in [-0.15, -0.1) is 10.2 Å². The molecule has 0 atom stereocenters. The minimum absolute atomic E-state index is 0.108. The fraction of sp³-hybridized carbons (Fsp3) is 0.192. The summed E-state index contributed by atoms with van der Waals surface area (Å²) in [4.78, 5) is 13.0. The second-order valence-electron chi connectivity index (χ2n) is 7.45. The molecule has 0 bridgehead atoms. The molecule has 0 fully saturated rings. The molecule has 0 N–H and O–H groups in total. The van der Waals surface area contributed by atoms with Gasteiger partial charge in [-0.2, -0.15) is 0 Å². The Morgan fingerprint density at radius 1 is 0.861 bits per heavy atom. The van der Waals surface area contributed by atoms with Crippen molar-refractivity contribution in [3.8, 4) is 40.1 Å². The predicted octanol–water partition coefficient (Wildman–Crippen LogP) is 5.60. The topological polar surface area (TPSA) is 84.7 Å². The summed E-state index contributed by atoms with van der Waals surface area (Å²) < 4.78 is 23.7. The van der Waals surface area contributed by atoms with Gasteiger partial charge in [-0.05, 0) is 42.5 Å². The Kier molecular flexibility index (Phi) is 8.02. The van der Waals surface area contributed by atoms with Crippen molar-refractivity contribution in [2.24, 2.45) is 0 Å². The highest BCUT2D eigenvalue weighted by molar-refractivity contribution is 7.99. The van der Waals surface area contributed by atoms with Crippen molar-refractivity contribution in [3.05, 3.63) is 71.2 Å². The number of Topliss-reactive ketones (excluding diaryl/α,β-unsaturated/α-hetero) is 1. The summed E-state index contributed by atoms with van der Waals surface area (Å²) in [5.74, 6) is 2.44. The molecule has 4 aromatic rings. The number of ether oxygens (including phenoxy) is 4. The maximum absolute atomic E-state index is 13.0. The van der Waals surface area contributed by atoms with Crippen LogP contribution in [0.1, 0.15) is 10.4 Å². The van der Waals surface area contributed by atoms with E-state index in [1.165, 1.54) is 18.9 Å². The second-order valence-corrected chi connectivity index (χ2v) is 8.83. The van der Waals surface area contributed by atoms with Crippen LogP contribution in [0.25, 0.3) is 17.1 Å². The number of halogens is 1. The third-order valence-corrected chi connectivity index (χ3v) is 6.53. The summed E-state index contributed by atoms with van der Waals surface area (Å²) in [7, 11) is 6.18. The Labute approximate surface area is 218 Å². The van der Waals surface area contributed by atoms with Crippen LogP contribution in [0.15, 0.2) is 65.8 Å². The van der Waals surface area contributed by atoms with Gasteiger partial charge in [0.1, 0.15) is 5.75 Å². The Morgan fingerprint density at radius 2 is 1.53 bits per heavy atom. The molecule has 186 valence electrons. The standard InChI is InChI=1S/C26H24ClN3O5S/c1-32-21-11-10-17(27)14-19(21)20(31)15-36-26-29-28-25(30(26)18-8-6-5-7-9-18)16-12-22(33-2)24(35-4)23(13-16)34-3/h5-14H,15H2,1-4H3. The lowest BCUT2D eigenvalue weighted by molar-refractivity contribution is 0.101. The SMILES string of the molecule is COc1ccc(Cl)cc1C(=O)CSc1nnc(-c2cc(OC)c(OC)c(OC)c2)n1-c1ccccc1. The van der Waals surface area contributed by atoms with Gasteiger partial charge in [0, 0.05) is 16.3 Å². The van der Waals surface area contributed by atoms with E-state index in [-0.39, 0.29) is 11.5 Å². The molecule has 0 spiro atoms. The first-order valence-electron chi connectivity index (χ1n) is 10.8. The molecule has 36 heavy (non-hydrogen) atoms. The van der Waals surface area contributed by atoms with Crippen LogP contribution in [0, 0.1) is 0 Å². The van der Waals surface area contributed by atoms with Crippen LogP contribution in [0.4, 0.5) is 0 Å². The molecule has 0 aliphatic rings. The summed E-state index contributed by atoms with van der Waals surface area (Å²) in [5, 5.41) is 9.85. The van der Waals surface area contributed by atoms with E-state index in [2.05, 4.69) is 10.2 Å². The van der Waals surface area contributed by atoms with Crippen molar-refractivity contribution >= 4 is 29.1 Å². The summed E-state index contributed by atoms with van der Waals surface area (Å²) in [6.07, 6.45) is 0. The van der Waals surface area contributed by atoms with Crippen molar-refractivity contribution < 1.29 is 23.7 Å². The molecule has 8 nitrogen and oxygen atoms in total. The fourth-order valence-corrected chi connectivity index (χ4v) is 4.68. The van der Waals surface area contributed by atoms with E-state index in [1.807, 2.05) is 34.9 Å². The summed E-state index contributed by atoms with van der Waals surface area (Å²) in [6, 6.07) is 18.2. The van der Waals surface area contributed by atoms with E-state index in [0.29, 0.717) is 50.1 Å². The molecule has 10 heteroatoms. The first-order valence-corrected chi connectivity index (χ1v) is 12.2. The number of rotatable bonds is 10. The van der Waals surface area contributed by atoms with E-state index in [1.54, 1.807) is 51.7 Å². The van der Waals surface area contributed by atoms with Crippen molar-refractivity contribution in [3.63, 3.8) is 0 Å². The molecular weight excluding hydrogens is 502 g/mol. The van der Waals surface area contributed by atoms with E-state index >= 15 is 0 Å². The second kappa shape index (κ2) is 11.4. The van der Waals surface area contributed by atoms with E-state index in [0.717, 1.165) is 5.69 Å². The largest absolute Gasteiger partial charge is 0.496 e. The molecule has 0 amide bonds. The average Bonchev–Trinajstić information content (AvgIpc) is 3.35. The monoisotopic (exact) mass is 525 g/mol. The molecular formula is C26H24ClN3O5S. The van der Waals surface area contributed by atoms with Crippen LogP contribution < -0.4 is 18.9 Å². The van der Waals surface area contributed by atoms with Crippen molar-refractivity contribution in [1.29, 1.82) is 0 Å². The lowest BCUT2D eigenvalue weighted by atomic mass is 10.1. The molecule has 0 radical (unpaired) electrons. The molecule has 0 saturated carbocycles. The molecule has 0 unspecified atom stereocenters. The highest BCUT2D eigenvalue weighted by Gasteiger charge is 2.22. The van der Waals surface area contributed by atoms with E-state index in [4.69, 9.17) is 30.5 Å². The van der Waals surface area contributed by atoms with Gasteiger partial charge < -0.3 is 18.9 Å². The Bertz CT molecular complexity index is 1350. The maximum atomic E-state index is 13.0. The smallest absolute Gasteiger partial charge is 0.203 e. The number of hydrogen-bond donors (Lipinski definition) is 0. The number of methoxy groups -OCH3 is 4. The predicted molar refractivity (Wildman–Crippen MR) is 140 cm³/mol. The Balaban J connectivity index is 1.75. The van der Waals surface area contributed by atoms with Crippen LogP contribution in [0.5, 0.6) is 23.0 Å². The molecule has 0 aliphatic heterocycles. The Morgan fingerprint density at radius 3 is 2.14 bits per heavy atom. The van der Waals surface area contributed by atoms with Gasteiger partial charge >= 0.3 is 0 Å². The van der Waals surface area contributed by atoms with E-state index in [9.17, 15) is 4.79 Å². The zero-order chi connectivity index (χ0) is 25.7. The zero-order valence-electron chi connectivity index (χ0n) is 20.1. The lowest BCUT2D eigenvalue weighted by Crippen LogP contribution is -2.07. The van der Waals surface area contributed by atoms with Crippen LogP contribution in [0.2, 0.25) is 5.02 Å². The van der Waals surface area contributed by atoms with E-state index < -0.39 is 0 Å². The summed E-state index contributed by atoms with van der Waals surface area (Å²) >= 11 is 7.38. The highest BCUT2D eigenvalue weighted by Crippen LogP contribution is 2.41. The third kappa shape index (κ3) is 5.12. The lowest BCUT2D eigenvalue weighted by Gasteiger charge is -2.15. The van der Waals surface area contributed by atoms with Crippen molar-refractivity contribution in [1.82, 2.24) is 14.8 Å². The van der Waals surface area contributed by atoms with Gasteiger partial charge in [-0.3, -0.25) is 9.36 Å². The van der Waals surface area contributed by atoms with Crippen LogP contribution in [-0.4, -0.2) is 54.7 Å². The number of carbonyl (C=O) groups excluding carboxylic acids is 1. The average molecular weight is 526 g/mol. The number of benzene rings is 3. The summed E-state index contributed by atoms with van der Waals surface area (Å²) in [5.41, 5.74) is 1.95. The first kappa shape index (κ1) is 25.4. The molecule has 1 heterocycles. The molecule has 4 rings (SSSR count). The number of carbonyl (C=O) groups is 1. The summed E-state index contributed by atoms with van der Waals surface area (Å²) in [6.45, 7) is 0. The number of aromatic nitrogens is 3. The number of hydrogen-bond acceptors (Lipinski definition) is 8. The van der Waals surface area contributed by atoms with Crippen LogP contribution in [0.3, 0.4) is 0 Å². The van der Waals surface area contributed by atoms with Crippen LogP contribution in [-0.2, 0) is 0 Å². The third-order valence-electron chi connectivity index (χ3n) is 5.36. The van der Waals surface area contributed by atoms with Crippen LogP contribution >= 0.6 is 23.4 Å². The van der Waals surface area contributed by atoms with Crippen molar-refractivity contribution in [2.45, 2.75) is 5.16 Å². The zero-order valence-corrected chi connectivity index (χ0v) is 21.7. The number of nitrogens with zero attached hydrogens (tertiary/aromatic N) is 3. The number of thioether (sulfide) groups is 1. The number of para-hydroxylation sites is 1. The van der Waals surface area contributed by atoms with Gasteiger partial charge in [-0.25, -0.2) is 0 Å². The minimum Gasteiger partial charge on any atom is -0.496 e. The molecule has 3 aromatic carbocycles. The van der Waals surface area contributed by atoms with Crippen molar-refractivity contribution in [2.75, 3.05) is 34.2 Å². The van der Waals surface area contributed by atoms with Gasteiger partial charge in [0.25, 0.3) is 0 Å². The van der Waals surface area contributed by atoms with Gasteiger partial charge in [0.05, 0.1) is 39.8 Å². The number of ketones is 1. The normalized spacial score (nSPS) is 10.7. The molecule has 0 saturated heterocycles. The fourth-order valence-electron chi connectivity index (χ4n) is 3.68. The molecule has 1 aromatic heterocycles.